The molecule has 0 saturated heterocycles. The van der Waals surface area contributed by atoms with Crippen molar-refractivity contribution in [2.75, 3.05) is 0 Å². The molecule has 1 rings (SSSR count). The Labute approximate surface area is 75.4 Å². The molecule has 60 valence electrons. The fraction of sp³-hybridized carbons (Fsp3) is 0.200. The fourth-order valence-corrected chi connectivity index (χ4v) is 0.818. The lowest BCUT2D eigenvalue weighted by Gasteiger charge is -1.88. The van der Waals surface area contributed by atoms with Gasteiger partial charge in [-0.1, -0.05) is 49.4 Å². The first kappa shape index (κ1) is 10.3. The summed E-state index contributed by atoms with van der Waals surface area (Å²) in [4.78, 5) is 0. The largest absolute Gasteiger partial charge is 0.197 e. The average Bonchev–Trinajstić information content (AvgIpc) is 2.03. The van der Waals surface area contributed by atoms with Crippen molar-refractivity contribution in [3.63, 3.8) is 0 Å². The summed E-state index contributed by atoms with van der Waals surface area (Å²) in [6.07, 6.45) is 5.41. The van der Waals surface area contributed by atoms with E-state index in [1.807, 2.05) is 6.07 Å². The van der Waals surface area contributed by atoms with E-state index < -0.39 is 0 Å². The summed E-state index contributed by atoms with van der Waals surface area (Å²) in [5.74, 6) is 0. The monoisotopic (exact) mass is 166 g/mol. The van der Waals surface area contributed by atoms with Gasteiger partial charge in [0.05, 0.1) is 0 Å². The van der Waals surface area contributed by atoms with Gasteiger partial charge in [0.15, 0.2) is 0 Å². The predicted molar refractivity (Wildman–Crippen MR) is 56.1 cm³/mol. The van der Waals surface area contributed by atoms with Crippen LogP contribution >= 0.6 is 13.5 Å². The van der Waals surface area contributed by atoms with Gasteiger partial charge in [0.1, 0.15) is 0 Å². The highest BCUT2D eigenvalue weighted by molar-refractivity contribution is 7.59. The third kappa shape index (κ3) is 3.89. The maximum atomic E-state index is 2.16. The van der Waals surface area contributed by atoms with Crippen LogP contribution in [0.2, 0.25) is 0 Å². The van der Waals surface area contributed by atoms with E-state index in [4.69, 9.17) is 0 Å². The molecule has 0 saturated carbocycles. The quantitative estimate of drug-likeness (QED) is 0.633. The first-order valence-electron chi connectivity index (χ1n) is 3.65. The predicted octanol–water partition coefficient (Wildman–Crippen LogP) is 3.22. The number of hydrogen-bond acceptors (Lipinski definition) is 0. The first-order valence-corrected chi connectivity index (χ1v) is 3.65. The second-order valence-corrected chi connectivity index (χ2v) is 2.22. The summed E-state index contributed by atoms with van der Waals surface area (Å²) in [5.41, 5.74) is 1.28. The minimum absolute atomic E-state index is 0. The highest BCUT2D eigenvalue weighted by atomic mass is 32.1. The molecule has 1 aromatic rings. The molecule has 0 aliphatic rings. The Morgan fingerprint density at radius 3 is 2.36 bits per heavy atom. The standard InChI is InChI=1S/C10H12.H2S/c1-2-3-7-10-8-5-4-6-9-10;/h3-9H,2H2,1H3;1H2. The molecule has 0 unspecified atom stereocenters. The third-order valence-corrected chi connectivity index (χ3v) is 1.35. The van der Waals surface area contributed by atoms with Gasteiger partial charge < -0.3 is 0 Å². The lowest BCUT2D eigenvalue weighted by molar-refractivity contribution is 1.23. The molecule has 0 fully saturated rings. The summed E-state index contributed by atoms with van der Waals surface area (Å²) in [7, 11) is 0. The van der Waals surface area contributed by atoms with Crippen LogP contribution in [0.15, 0.2) is 36.4 Å². The Hall–Kier alpha value is -0.690. The van der Waals surface area contributed by atoms with Crippen LogP contribution in [0.3, 0.4) is 0 Å². The van der Waals surface area contributed by atoms with Crippen molar-refractivity contribution in [2.24, 2.45) is 0 Å². The van der Waals surface area contributed by atoms with Crippen molar-refractivity contribution in [3.8, 4) is 0 Å². The van der Waals surface area contributed by atoms with E-state index in [0.29, 0.717) is 0 Å². The highest BCUT2D eigenvalue weighted by Crippen LogP contribution is 2.00. The Balaban J connectivity index is 0.000001000. The van der Waals surface area contributed by atoms with Crippen LogP contribution in [0.25, 0.3) is 6.08 Å². The van der Waals surface area contributed by atoms with E-state index in [0.717, 1.165) is 6.42 Å². The van der Waals surface area contributed by atoms with Gasteiger partial charge in [-0.15, -0.1) is 0 Å². The molecular formula is C10H14S. The topological polar surface area (TPSA) is 0 Å². The van der Waals surface area contributed by atoms with Crippen molar-refractivity contribution >= 4 is 19.6 Å². The molecule has 1 heteroatoms. The van der Waals surface area contributed by atoms with Crippen LogP contribution < -0.4 is 0 Å². The van der Waals surface area contributed by atoms with Crippen molar-refractivity contribution in [1.29, 1.82) is 0 Å². The van der Waals surface area contributed by atoms with Crippen LogP contribution in [-0.2, 0) is 0 Å². The van der Waals surface area contributed by atoms with Crippen LogP contribution in [-0.4, -0.2) is 0 Å². The number of benzene rings is 1. The molecule has 1 aromatic carbocycles. The van der Waals surface area contributed by atoms with Crippen LogP contribution in [0.4, 0.5) is 0 Å². The molecule has 0 bridgehead atoms. The fourth-order valence-electron chi connectivity index (χ4n) is 0.818. The van der Waals surface area contributed by atoms with Crippen molar-refractivity contribution in [1.82, 2.24) is 0 Å². The van der Waals surface area contributed by atoms with Gasteiger partial charge in [-0.2, -0.15) is 13.5 Å². The minimum atomic E-state index is 0. The first-order chi connectivity index (χ1) is 4.93. The number of hydrogen-bond donors (Lipinski definition) is 0. The lowest BCUT2D eigenvalue weighted by Crippen LogP contribution is -1.66. The maximum Gasteiger partial charge on any atom is -0.0260 e. The Bertz CT molecular complexity index is 201. The van der Waals surface area contributed by atoms with Gasteiger partial charge in [-0.25, -0.2) is 0 Å². The summed E-state index contributed by atoms with van der Waals surface area (Å²) < 4.78 is 0. The highest BCUT2D eigenvalue weighted by Gasteiger charge is 1.78. The lowest BCUT2D eigenvalue weighted by atomic mass is 10.2. The Kier molecular flexibility index (Phi) is 5.67. The van der Waals surface area contributed by atoms with E-state index in [1.165, 1.54) is 5.56 Å². The normalized spacial score (nSPS) is 9.55. The van der Waals surface area contributed by atoms with E-state index in [1.54, 1.807) is 0 Å². The van der Waals surface area contributed by atoms with Crippen molar-refractivity contribution in [3.05, 3.63) is 42.0 Å². The van der Waals surface area contributed by atoms with Gasteiger partial charge in [0.25, 0.3) is 0 Å². The molecule has 0 spiro atoms. The Morgan fingerprint density at radius 1 is 1.18 bits per heavy atom. The van der Waals surface area contributed by atoms with Crippen molar-refractivity contribution in [2.45, 2.75) is 13.3 Å². The molecule has 11 heavy (non-hydrogen) atoms. The summed E-state index contributed by atoms with van der Waals surface area (Å²) in [5, 5.41) is 0. The van der Waals surface area contributed by atoms with E-state index in [2.05, 4.69) is 43.3 Å². The molecule has 0 aliphatic carbocycles. The van der Waals surface area contributed by atoms with Gasteiger partial charge in [-0.05, 0) is 12.0 Å². The molecule has 0 heterocycles. The molecule has 0 radical (unpaired) electrons. The summed E-state index contributed by atoms with van der Waals surface area (Å²) in [6.45, 7) is 2.14. The van der Waals surface area contributed by atoms with Gasteiger partial charge in [0.2, 0.25) is 0 Å². The van der Waals surface area contributed by atoms with Crippen LogP contribution in [0, 0.1) is 0 Å². The SMILES string of the molecule is CCC=Cc1ccccc1.S. The smallest absolute Gasteiger partial charge is 0.0260 e. The molecule has 0 aliphatic heterocycles. The average molecular weight is 166 g/mol. The third-order valence-electron chi connectivity index (χ3n) is 1.35. The molecular weight excluding hydrogens is 152 g/mol. The van der Waals surface area contributed by atoms with E-state index in [9.17, 15) is 0 Å². The molecule has 0 aromatic heterocycles. The Morgan fingerprint density at radius 2 is 1.82 bits per heavy atom. The van der Waals surface area contributed by atoms with Crippen LogP contribution in [0.5, 0.6) is 0 Å². The molecule has 0 nitrogen and oxygen atoms in total. The zero-order chi connectivity index (χ0) is 7.23. The zero-order valence-electron chi connectivity index (χ0n) is 6.75. The molecule has 0 N–H and O–H groups in total. The van der Waals surface area contributed by atoms with Gasteiger partial charge in [0, 0.05) is 0 Å². The van der Waals surface area contributed by atoms with E-state index in [-0.39, 0.29) is 13.5 Å². The zero-order valence-corrected chi connectivity index (χ0v) is 7.75. The molecule has 0 atom stereocenters. The summed E-state index contributed by atoms with van der Waals surface area (Å²) >= 11 is 0. The number of allylic oxidation sites excluding steroid dienone is 1. The van der Waals surface area contributed by atoms with Gasteiger partial charge >= 0.3 is 0 Å². The molecule has 0 amide bonds. The minimum Gasteiger partial charge on any atom is -0.197 e. The second-order valence-electron chi connectivity index (χ2n) is 2.22. The van der Waals surface area contributed by atoms with E-state index >= 15 is 0 Å². The summed E-state index contributed by atoms with van der Waals surface area (Å²) in [6, 6.07) is 10.3. The number of rotatable bonds is 2. The van der Waals surface area contributed by atoms with Crippen LogP contribution in [0.1, 0.15) is 18.9 Å². The van der Waals surface area contributed by atoms with Gasteiger partial charge in [-0.3, -0.25) is 0 Å². The second kappa shape index (κ2) is 6.05. The van der Waals surface area contributed by atoms with Crippen molar-refractivity contribution < 1.29 is 0 Å². The maximum absolute atomic E-state index is 2.16.